The fourth-order valence-electron chi connectivity index (χ4n) is 2.81. The Bertz CT molecular complexity index is 492. The Balaban J connectivity index is 6.00. The average molecular weight is 438 g/mol. The maximum Gasteiger partial charge on any atom is 0.348 e. The van der Waals surface area contributed by atoms with E-state index >= 15 is 0 Å². The zero-order valence-electron chi connectivity index (χ0n) is 18.2. The standard InChI is InChI=1S/C19H39N3O4S2/c1-7-9-10-12-26-22(15(23)13-14(3)4)19(20,17(24)25)18(5,27)16(28-6)21-11-8-2/h14,16,21,27H,7-13,20H2,1-6H3,(H,24,25)/t16?,18-,19-/m1/s1. The van der Waals surface area contributed by atoms with E-state index in [1.54, 1.807) is 6.92 Å². The van der Waals surface area contributed by atoms with E-state index in [4.69, 9.17) is 10.6 Å². The van der Waals surface area contributed by atoms with E-state index in [1.807, 2.05) is 27.0 Å². The van der Waals surface area contributed by atoms with Crippen molar-refractivity contribution < 1.29 is 19.5 Å². The van der Waals surface area contributed by atoms with Crippen LogP contribution in [0.25, 0.3) is 0 Å². The maximum atomic E-state index is 12.9. The Morgan fingerprint density at radius 2 is 1.89 bits per heavy atom. The van der Waals surface area contributed by atoms with E-state index in [2.05, 4.69) is 24.9 Å². The molecule has 1 amide bonds. The number of carbonyl (C=O) groups is 2. The minimum Gasteiger partial charge on any atom is -0.478 e. The van der Waals surface area contributed by atoms with Gasteiger partial charge in [-0.1, -0.05) is 40.5 Å². The number of carbonyl (C=O) groups excluding carboxylic acids is 1. The number of nitrogens with one attached hydrogen (secondary N) is 1. The smallest absolute Gasteiger partial charge is 0.348 e. The number of carboxylic acid groups (broad SMARTS) is 1. The molecule has 0 saturated heterocycles. The summed E-state index contributed by atoms with van der Waals surface area (Å²) in [5.74, 6) is -1.77. The van der Waals surface area contributed by atoms with Gasteiger partial charge in [-0.2, -0.15) is 17.7 Å². The van der Waals surface area contributed by atoms with Crippen LogP contribution in [0.2, 0.25) is 0 Å². The third-order valence-electron chi connectivity index (χ3n) is 4.52. The molecule has 0 saturated carbocycles. The van der Waals surface area contributed by atoms with Gasteiger partial charge in [0.15, 0.2) is 0 Å². The van der Waals surface area contributed by atoms with Crippen molar-refractivity contribution in [3.63, 3.8) is 0 Å². The van der Waals surface area contributed by atoms with Crippen LogP contribution >= 0.6 is 24.4 Å². The Hall–Kier alpha value is -0.480. The molecule has 0 rings (SSSR count). The molecule has 166 valence electrons. The number of hydrogen-bond donors (Lipinski definition) is 4. The number of unbranched alkanes of at least 4 members (excludes halogenated alkanes) is 2. The highest BCUT2D eigenvalue weighted by Crippen LogP contribution is 2.38. The van der Waals surface area contributed by atoms with Crippen LogP contribution in [0, 0.1) is 5.92 Å². The van der Waals surface area contributed by atoms with Crippen molar-refractivity contribution in [3.8, 4) is 0 Å². The first-order valence-electron chi connectivity index (χ1n) is 9.97. The first-order chi connectivity index (χ1) is 13.0. The number of rotatable bonds is 15. The van der Waals surface area contributed by atoms with E-state index in [-0.39, 0.29) is 18.9 Å². The molecule has 0 aliphatic carbocycles. The van der Waals surface area contributed by atoms with Crippen LogP contribution in [0.15, 0.2) is 0 Å². The number of hydrogen-bond acceptors (Lipinski definition) is 7. The van der Waals surface area contributed by atoms with Gasteiger partial charge >= 0.3 is 5.97 Å². The van der Waals surface area contributed by atoms with Crippen molar-refractivity contribution in [2.24, 2.45) is 11.7 Å². The number of nitrogens with two attached hydrogens (primary N) is 1. The van der Waals surface area contributed by atoms with Crippen molar-refractivity contribution >= 4 is 36.3 Å². The van der Waals surface area contributed by atoms with Crippen LogP contribution in [0.4, 0.5) is 0 Å². The maximum absolute atomic E-state index is 12.9. The van der Waals surface area contributed by atoms with E-state index in [1.165, 1.54) is 11.8 Å². The van der Waals surface area contributed by atoms with Gasteiger partial charge in [-0.05, 0) is 38.5 Å². The second kappa shape index (κ2) is 13.0. The van der Waals surface area contributed by atoms with Crippen molar-refractivity contribution in [2.45, 2.75) is 82.5 Å². The highest BCUT2D eigenvalue weighted by Gasteiger charge is 2.60. The summed E-state index contributed by atoms with van der Waals surface area (Å²) >= 11 is 6.09. The van der Waals surface area contributed by atoms with Crippen LogP contribution in [0.1, 0.15) is 66.7 Å². The molecule has 0 aromatic carbocycles. The van der Waals surface area contributed by atoms with Gasteiger partial charge in [-0.15, -0.1) is 11.8 Å². The summed E-state index contributed by atoms with van der Waals surface area (Å²) < 4.78 is -1.31. The fourth-order valence-corrected chi connectivity index (χ4v) is 4.32. The molecule has 0 aromatic heterocycles. The Morgan fingerprint density at radius 1 is 1.29 bits per heavy atom. The van der Waals surface area contributed by atoms with Crippen molar-refractivity contribution in [2.75, 3.05) is 19.4 Å². The van der Waals surface area contributed by atoms with E-state index in [9.17, 15) is 14.7 Å². The molecule has 0 bridgehead atoms. The minimum absolute atomic E-state index is 0.0352. The molecule has 1 unspecified atom stereocenters. The second-order valence-electron chi connectivity index (χ2n) is 7.62. The molecule has 0 aliphatic rings. The SMILES string of the molecule is CCCCCON(C(=O)CC(C)C)[C@](N)(C(=O)O)[C@](C)(S)C(NCCC)SC. The molecule has 0 aromatic rings. The molecule has 0 spiro atoms. The number of carboxylic acids is 1. The van der Waals surface area contributed by atoms with E-state index < -0.39 is 27.7 Å². The highest BCUT2D eigenvalue weighted by atomic mass is 32.2. The summed E-state index contributed by atoms with van der Waals surface area (Å²) in [6.45, 7) is 10.4. The summed E-state index contributed by atoms with van der Waals surface area (Å²) in [5.41, 5.74) is 4.30. The first kappa shape index (κ1) is 27.5. The Labute approximate surface area is 179 Å². The normalized spacial score (nSPS) is 17.0. The van der Waals surface area contributed by atoms with Gasteiger partial charge < -0.3 is 10.4 Å². The lowest BCUT2D eigenvalue weighted by molar-refractivity contribution is -0.234. The van der Waals surface area contributed by atoms with Crippen LogP contribution in [-0.2, 0) is 14.4 Å². The molecule has 0 heterocycles. The molecule has 0 radical (unpaired) electrons. The summed E-state index contributed by atoms with van der Waals surface area (Å²) in [7, 11) is 0. The summed E-state index contributed by atoms with van der Waals surface area (Å²) in [6.07, 6.45) is 5.47. The molecule has 3 atom stereocenters. The lowest BCUT2D eigenvalue weighted by Gasteiger charge is -2.48. The zero-order chi connectivity index (χ0) is 22.0. The van der Waals surface area contributed by atoms with Crippen LogP contribution in [0.5, 0.6) is 0 Å². The number of hydroxylamine groups is 2. The molecule has 0 fully saturated rings. The van der Waals surface area contributed by atoms with Gasteiger partial charge in [0.2, 0.25) is 11.6 Å². The quantitative estimate of drug-likeness (QED) is 0.135. The van der Waals surface area contributed by atoms with Gasteiger partial charge in [0.1, 0.15) is 0 Å². The Morgan fingerprint density at radius 3 is 2.32 bits per heavy atom. The lowest BCUT2D eigenvalue weighted by Crippen LogP contribution is -2.76. The molecule has 0 aliphatic heterocycles. The van der Waals surface area contributed by atoms with Gasteiger partial charge in [-0.3, -0.25) is 15.4 Å². The zero-order valence-corrected chi connectivity index (χ0v) is 19.9. The van der Waals surface area contributed by atoms with Crippen molar-refractivity contribution in [1.29, 1.82) is 0 Å². The van der Waals surface area contributed by atoms with Crippen molar-refractivity contribution in [3.05, 3.63) is 0 Å². The summed E-state index contributed by atoms with van der Waals surface area (Å²) in [5, 5.41) is 13.8. The van der Waals surface area contributed by atoms with Gasteiger partial charge in [0, 0.05) is 6.42 Å². The highest BCUT2D eigenvalue weighted by molar-refractivity contribution is 8.00. The minimum atomic E-state index is -2.15. The van der Waals surface area contributed by atoms with E-state index in [0.29, 0.717) is 13.0 Å². The summed E-state index contributed by atoms with van der Waals surface area (Å²) in [4.78, 5) is 31.0. The van der Waals surface area contributed by atoms with Crippen LogP contribution in [0.3, 0.4) is 0 Å². The van der Waals surface area contributed by atoms with Crippen LogP contribution < -0.4 is 11.1 Å². The monoisotopic (exact) mass is 437 g/mol. The molecule has 28 heavy (non-hydrogen) atoms. The average Bonchev–Trinajstić information content (AvgIpc) is 2.60. The van der Waals surface area contributed by atoms with Gasteiger partial charge in [0.25, 0.3) is 0 Å². The molecular formula is C19H39N3O4S2. The van der Waals surface area contributed by atoms with E-state index in [0.717, 1.165) is 24.3 Å². The van der Waals surface area contributed by atoms with Gasteiger partial charge in [0.05, 0.1) is 16.7 Å². The first-order valence-corrected chi connectivity index (χ1v) is 11.7. The topological polar surface area (TPSA) is 105 Å². The number of thiol groups is 1. The number of thioether (sulfide) groups is 1. The Kier molecular flexibility index (Phi) is 12.7. The largest absolute Gasteiger partial charge is 0.478 e. The second-order valence-corrected chi connectivity index (χ2v) is 9.49. The van der Waals surface area contributed by atoms with Gasteiger partial charge in [-0.25, -0.2) is 4.79 Å². The molecule has 4 N–H and O–H groups in total. The third kappa shape index (κ3) is 7.09. The molecular weight excluding hydrogens is 398 g/mol. The molecule has 7 nitrogen and oxygen atoms in total. The predicted molar refractivity (Wildman–Crippen MR) is 119 cm³/mol. The number of nitrogens with zero attached hydrogens (tertiary/aromatic N) is 1. The fraction of sp³-hybridized carbons (Fsp3) is 0.895. The molecule has 9 heteroatoms. The number of aliphatic carboxylic acids is 1. The summed E-state index contributed by atoms with van der Waals surface area (Å²) in [6, 6.07) is 0. The van der Waals surface area contributed by atoms with Crippen molar-refractivity contribution in [1.82, 2.24) is 10.4 Å². The number of amides is 1. The van der Waals surface area contributed by atoms with Crippen LogP contribution in [-0.4, -0.2) is 57.2 Å². The lowest BCUT2D eigenvalue weighted by atomic mass is 9.91. The third-order valence-corrected chi connectivity index (χ3v) is 6.40. The predicted octanol–water partition coefficient (Wildman–Crippen LogP) is 3.10.